The van der Waals surface area contributed by atoms with Gasteiger partial charge in [0, 0.05) is 27.8 Å². The van der Waals surface area contributed by atoms with Gasteiger partial charge in [-0.25, -0.2) is 4.21 Å². The van der Waals surface area contributed by atoms with Crippen LogP contribution in [-0.4, -0.2) is 31.9 Å². The summed E-state index contributed by atoms with van der Waals surface area (Å²) in [5, 5.41) is 6.74. The molecule has 2 aromatic rings. The zero-order valence-electron chi connectivity index (χ0n) is 10.7. The van der Waals surface area contributed by atoms with Gasteiger partial charge in [-0.15, -0.1) is 5.10 Å². The Balaban J connectivity index is 2.32. The zero-order chi connectivity index (χ0) is 13.2. The Morgan fingerprint density at radius 1 is 1.28 bits per heavy atom. The van der Waals surface area contributed by atoms with Crippen molar-refractivity contribution in [3.63, 3.8) is 0 Å². The highest BCUT2D eigenvalue weighted by Gasteiger charge is 2.05. The summed E-state index contributed by atoms with van der Waals surface area (Å²) in [5.74, 6) is 0.875. The summed E-state index contributed by atoms with van der Waals surface area (Å²) < 4.78 is 15.5. The minimum absolute atomic E-state index is 0.236. The fourth-order valence-electron chi connectivity index (χ4n) is 1.52. The average Bonchev–Trinajstić information content (AvgIpc) is 2.75. The molecule has 0 aliphatic carbocycles. The molecule has 0 bridgehead atoms. The molecule has 6 heteroatoms. The minimum Gasteiger partial charge on any atom is -0.257 e. The lowest BCUT2D eigenvalue weighted by Gasteiger charge is -1.98. The third-order valence-electron chi connectivity index (χ3n) is 2.41. The smallest absolute Gasteiger partial charge is 0.257 e. The SMILES string of the molecule is CCc1ccc(-c2nc(N=S(C)(C)=O)n[nH]2)cc1. The molecule has 0 fully saturated rings. The predicted molar refractivity (Wildman–Crippen MR) is 73.3 cm³/mol. The van der Waals surface area contributed by atoms with E-state index in [-0.39, 0.29) is 5.95 Å². The zero-order valence-corrected chi connectivity index (χ0v) is 11.5. The Morgan fingerprint density at radius 2 is 1.94 bits per heavy atom. The van der Waals surface area contributed by atoms with E-state index in [1.807, 2.05) is 12.1 Å². The van der Waals surface area contributed by atoms with Crippen LogP contribution < -0.4 is 0 Å². The van der Waals surface area contributed by atoms with E-state index in [0.29, 0.717) is 5.82 Å². The Bertz CT molecular complexity index is 643. The van der Waals surface area contributed by atoms with Gasteiger partial charge in [0.1, 0.15) is 0 Å². The summed E-state index contributed by atoms with van der Waals surface area (Å²) in [4.78, 5) is 4.21. The molecule has 96 valence electrons. The highest BCUT2D eigenvalue weighted by Crippen LogP contribution is 2.18. The fourth-order valence-corrected chi connectivity index (χ4v) is 1.99. The van der Waals surface area contributed by atoms with Crippen LogP contribution in [0.25, 0.3) is 11.4 Å². The van der Waals surface area contributed by atoms with Crippen LogP contribution in [0.5, 0.6) is 0 Å². The molecule has 0 unspecified atom stereocenters. The van der Waals surface area contributed by atoms with Crippen molar-refractivity contribution in [1.82, 2.24) is 15.2 Å². The lowest BCUT2D eigenvalue weighted by Crippen LogP contribution is -1.89. The molecule has 1 aromatic heterocycles. The van der Waals surface area contributed by atoms with Crippen LogP contribution >= 0.6 is 0 Å². The molecule has 1 heterocycles. The number of aromatic amines is 1. The van der Waals surface area contributed by atoms with Crippen LogP contribution in [0.2, 0.25) is 0 Å². The number of H-pyrrole nitrogens is 1. The van der Waals surface area contributed by atoms with Crippen LogP contribution in [0.15, 0.2) is 28.6 Å². The lowest BCUT2D eigenvalue weighted by atomic mass is 10.1. The second-order valence-corrected chi connectivity index (χ2v) is 6.85. The van der Waals surface area contributed by atoms with Crippen molar-refractivity contribution in [2.45, 2.75) is 13.3 Å². The van der Waals surface area contributed by atoms with E-state index >= 15 is 0 Å². The van der Waals surface area contributed by atoms with Crippen molar-refractivity contribution in [1.29, 1.82) is 0 Å². The molecule has 0 atom stereocenters. The number of hydrogen-bond donors (Lipinski definition) is 1. The number of nitrogens with zero attached hydrogens (tertiary/aromatic N) is 3. The van der Waals surface area contributed by atoms with Gasteiger partial charge in [-0.2, -0.15) is 9.35 Å². The molecular weight excluding hydrogens is 248 g/mol. The van der Waals surface area contributed by atoms with Gasteiger partial charge in [0.2, 0.25) is 0 Å². The van der Waals surface area contributed by atoms with Crippen LogP contribution in [0.3, 0.4) is 0 Å². The van der Waals surface area contributed by atoms with E-state index in [0.717, 1.165) is 12.0 Å². The van der Waals surface area contributed by atoms with E-state index in [2.05, 4.69) is 38.6 Å². The third-order valence-corrected chi connectivity index (χ3v) is 3.01. The first-order valence-electron chi connectivity index (χ1n) is 5.67. The third kappa shape index (κ3) is 3.16. The number of aromatic nitrogens is 3. The molecule has 18 heavy (non-hydrogen) atoms. The Kier molecular flexibility index (Phi) is 3.47. The molecule has 0 spiro atoms. The number of nitrogens with one attached hydrogen (secondary N) is 1. The van der Waals surface area contributed by atoms with Gasteiger partial charge in [-0.1, -0.05) is 31.2 Å². The lowest BCUT2D eigenvalue weighted by molar-refractivity contribution is 0.684. The van der Waals surface area contributed by atoms with Crippen molar-refractivity contribution in [2.24, 2.45) is 4.36 Å². The van der Waals surface area contributed by atoms with Crippen LogP contribution in [0.4, 0.5) is 5.95 Å². The maximum absolute atomic E-state index is 11.5. The summed E-state index contributed by atoms with van der Waals surface area (Å²) >= 11 is 0. The van der Waals surface area contributed by atoms with Gasteiger partial charge in [-0.3, -0.25) is 5.10 Å². The van der Waals surface area contributed by atoms with E-state index in [1.165, 1.54) is 5.56 Å². The van der Waals surface area contributed by atoms with Crippen LogP contribution in [0.1, 0.15) is 12.5 Å². The summed E-state index contributed by atoms with van der Waals surface area (Å²) in [6.45, 7) is 2.11. The van der Waals surface area contributed by atoms with Gasteiger partial charge in [0.25, 0.3) is 5.95 Å². The summed E-state index contributed by atoms with van der Waals surface area (Å²) in [7, 11) is -2.23. The predicted octanol–water partition coefficient (Wildman–Crippen LogP) is 2.39. The highest BCUT2D eigenvalue weighted by molar-refractivity contribution is 7.92. The number of hydrogen-bond acceptors (Lipinski definition) is 4. The fraction of sp³-hybridized carbons (Fsp3) is 0.333. The molecule has 0 amide bonds. The van der Waals surface area contributed by atoms with Gasteiger partial charge < -0.3 is 0 Å². The number of aryl methyl sites for hydroxylation is 1. The average molecular weight is 264 g/mol. The van der Waals surface area contributed by atoms with Gasteiger partial charge in [0.15, 0.2) is 5.82 Å². The molecule has 0 saturated carbocycles. The Morgan fingerprint density at radius 3 is 2.50 bits per heavy atom. The van der Waals surface area contributed by atoms with Crippen molar-refractivity contribution in [3.05, 3.63) is 29.8 Å². The maximum Gasteiger partial charge on any atom is 0.276 e. The molecular formula is C12H16N4OS. The molecule has 5 nitrogen and oxygen atoms in total. The van der Waals surface area contributed by atoms with Crippen LogP contribution in [0, 0.1) is 0 Å². The molecule has 1 aromatic carbocycles. The first-order valence-corrected chi connectivity index (χ1v) is 8.00. The van der Waals surface area contributed by atoms with E-state index in [4.69, 9.17) is 0 Å². The molecule has 2 rings (SSSR count). The monoisotopic (exact) mass is 264 g/mol. The molecule has 0 radical (unpaired) electrons. The topological polar surface area (TPSA) is 71.0 Å². The normalized spacial score (nSPS) is 11.5. The van der Waals surface area contributed by atoms with Crippen molar-refractivity contribution < 1.29 is 4.21 Å². The molecule has 0 saturated heterocycles. The van der Waals surface area contributed by atoms with Crippen molar-refractivity contribution in [3.8, 4) is 11.4 Å². The summed E-state index contributed by atoms with van der Waals surface area (Å²) in [5.41, 5.74) is 2.22. The molecule has 0 aliphatic heterocycles. The highest BCUT2D eigenvalue weighted by atomic mass is 32.2. The van der Waals surface area contributed by atoms with Gasteiger partial charge in [0.05, 0.1) is 0 Å². The first-order chi connectivity index (χ1) is 8.48. The minimum atomic E-state index is -2.23. The van der Waals surface area contributed by atoms with Crippen LogP contribution in [-0.2, 0) is 16.1 Å². The van der Waals surface area contributed by atoms with Gasteiger partial charge in [-0.05, 0) is 12.0 Å². The van der Waals surface area contributed by atoms with E-state index in [9.17, 15) is 4.21 Å². The van der Waals surface area contributed by atoms with E-state index in [1.54, 1.807) is 12.5 Å². The molecule has 1 N–H and O–H groups in total. The first kappa shape index (κ1) is 12.8. The number of benzene rings is 1. The van der Waals surface area contributed by atoms with Crippen molar-refractivity contribution in [2.75, 3.05) is 12.5 Å². The largest absolute Gasteiger partial charge is 0.276 e. The Hall–Kier alpha value is -1.69. The summed E-state index contributed by atoms with van der Waals surface area (Å²) in [6, 6.07) is 8.07. The quantitative estimate of drug-likeness (QED) is 0.925. The second kappa shape index (κ2) is 4.89. The second-order valence-electron chi connectivity index (χ2n) is 4.31. The Labute approximate surface area is 107 Å². The maximum atomic E-state index is 11.5. The molecule has 0 aliphatic rings. The van der Waals surface area contributed by atoms with Crippen molar-refractivity contribution >= 4 is 15.7 Å². The summed E-state index contributed by atoms with van der Waals surface area (Å²) in [6.07, 6.45) is 4.11. The number of rotatable bonds is 3. The van der Waals surface area contributed by atoms with Gasteiger partial charge >= 0.3 is 0 Å². The van der Waals surface area contributed by atoms with E-state index < -0.39 is 9.73 Å². The standard InChI is InChI=1S/C12H16N4OS/c1-4-9-5-7-10(8-6-9)11-13-12(15-14-11)16-18(2,3)17/h5-8H,4H2,1-3H3,(H,13,14,15).